The zero-order valence-electron chi connectivity index (χ0n) is 14.4. The van der Waals surface area contributed by atoms with Gasteiger partial charge in [0.25, 0.3) is 0 Å². The molecule has 2 saturated heterocycles. The van der Waals surface area contributed by atoms with E-state index in [0.29, 0.717) is 19.5 Å². The second kappa shape index (κ2) is 5.91. The van der Waals surface area contributed by atoms with E-state index in [0.717, 1.165) is 6.42 Å². The zero-order chi connectivity index (χ0) is 16.8. The number of nitrogens with zero attached hydrogens (tertiary/aromatic N) is 1. The third-order valence-corrected chi connectivity index (χ3v) is 11.6. The average molecular weight is 348 g/mol. The number of amides is 1. The summed E-state index contributed by atoms with van der Waals surface area (Å²) < 4.78 is 29.4. The minimum atomic E-state index is -3.00. The summed E-state index contributed by atoms with van der Waals surface area (Å²) in [5.74, 6) is -0.156. The molecule has 2 rings (SSSR count). The molecule has 0 spiro atoms. The van der Waals surface area contributed by atoms with Crippen LogP contribution in [0.3, 0.4) is 0 Å². The maximum atomic E-state index is 12.5. The molecule has 2 aliphatic heterocycles. The summed E-state index contributed by atoms with van der Waals surface area (Å²) in [5, 5.41) is 0.157. The molecule has 0 aromatic heterocycles. The number of hydrogen-bond acceptors (Lipinski definition) is 4. The fourth-order valence-electron chi connectivity index (χ4n) is 2.87. The predicted octanol–water partition coefficient (Wildman–Crippen LogP) is 2.04. The molecule has 1 amide bonds. The van der Waals surface area contributed by atoms with Gasteiger partial charge in [-0.3, -0.25) is 4.79 Å². The Bertz CT molecular complexity index is 538. The second-order valence-corrected chi connectivity index (χ2v) is 15.2. The van der Waals surface area contributed by atoms with Crippen LogP contribution in [-0.4, -0.2) is 58.2 Å². The Labute approximate surface area is 135 Å². The van der Waals surface area contributed by atoms with E-state index in [1.54, 1.807) is 0 Å². The van der Waals surface area contributed by atoms with Gasteiger partial charge in [0.1, 0.15) is 0 Å². The lowest BCUT2D eigenvalue weighted by Gasteiger charge is -2.38. The van der Waals surface area contributed by atoms with E-state index in [2.05, 4.69) is 33.9 Å². The highest BCUT2D eigenvalue weighted by Crippen LogP contribution is 2.38. The second-order valence-electron chi connectivity index (χ2n) is 8.17. The Hall–Kier alpha value is -0.403. The van der Waals surface area contributed by atoms with Crippen molar-refractivity contribution in [3.05, 3.63) is 0 Å². The van der Waals surface area contributed by atoms with E-state index in [-0.39, 0.29) is 34.5 Å². The lowest BCUT2D eigenvalue weighted by atomic mass is 10.1. The number of sulfone groups is 1. The first-order valence-corrected chi connectivity index (χ1v) is 12.8. The molecule has 2 fully saturated rings. The van der Waals surface area contributed by atoms with Crippen LogP contribution in [0, 0.1) is 5.92 Å². The highest BCUT2D eigenvalue weighted by Gasteiger charge is 2.42. The molecule has 5 nitrogen and oxygen atoms in total. The van der Waals surface area contributed by atoms with Crippen LogP contribution in [-0.2, 0) is 19.1 Å². The molecular weight excluding hydrogens is 318 g/mol. The first-order chi connectivity index (χ1) is 9.91. The van der Waals surface area contributed by atoms with Gasteiger partial charge in [-0.25, -0.2) is 8.42 Å². The standard InChI is InChI=1S/C15H29NO4SSi/c1-15(2,3)22(4,5)20-13-6-8-16(10-13)14(17)12-7-9-21(18,19)11-12/h12-13H,6-11H2,1-5H3. The van der Waals surface area contributed by atoms with Crippen molar-refractivity contribution >= 4 is 24.1 Å². The molecule has 2 unspecified atom stereocenters. The van der Waals surface area contributed by atoms with E-state index < -0.39 is 18.2 Å². The van der Waals surface area contributed by atoms with Gasteiger partial charge in [-0.05, 0) is 31.0 Å². The third kappa shape index (κ3) is 3.92. The van der Waals surface area contributed by atoms with Crippen molar-refractivity contribution in [2.75, 3.05) is 24.6 Å². The Balaban J connectivity index is 1.92. The van der Waals surface area contributed by atoms with Gasteiger partial charge in [0.05, 0.1) is 23.5 Å². The van der Waals surface area contributed by atoms with Crippen molar-refractivity contribution in [2.24, 2.45) is 5.92 Å². The van der Waals surface area contributed by atoms with Gasteiger partial charge in [0.2, 0.25) is 5.91 Å². The Morgan fingerprint density at radius 3 is 2.36 bits per heavy atom. The molecule has 0 radical (unpaired) electrons. The Kier molecular flexibility index (Phi) is 4.82. The highest BCUT2D eigenvalue weighted by atomic mass is 32.2. The molecule has 0 N–H and O–H groups in total. The molecule has 0 bridgehead atoms. The van der Waals surface area contributed by atoms with E-state index in [9.17, 15) is 13.2 Å². The summed E-state index contributed by atoms with van der Waals surface area (Å²) in [6.45, 7) is 12.4. The third-order valence-electron chi connectivity index (χ3n) is 5.31. The fourth-order valence-corrected chi connectivity index (χ4v) is 5.98. The van der Waals surface area contributed by atoms with Gasteiger partial charge >= 0.3 is 0 Å². The van der Waals surface area contributed by atoms with Crippen LogP contribution < -0.4 is 0 Å². The summed E-state index contributed by atoms with van der Waals surface area (Å²) in [4.78, 5) is 14.3. The molecule has 0 aliphatic carbocycles. The quantitative estimate of drug-likeness (QED) is 0.733. The minimum Gasteiger partial charge on any atom is -0.412 e. The number of likely N-dealkylation sites (tertiary alicyclic amines) is 1. The summed E-state index contributed by atoms with van der Waals surface area (Å²) >= 11 is 0. The van der Waals surface area contributed by atoms with Crippen LogP contribution in [0.25, 0.3) is 0 Å². The van der Waals surface area contributed by atoms with Crippen molar-refractivity contribution in [2.45, 2.75) is 57.8 Å². The van der Waals surface area contributed by atoms with Crippen molar-refractivity contribution < 1.29 is 17.6 Å². The highest BCUT2D eigenvalue weighted by molar-refractivity contribution is 7.91. The van der Waals surface area contributed by atoms with Crippen molar-refractivity contribution in [1.29, 1.82) is 0 Å². The molecular formula is C15H29NO4SSi. The van der Waals surface area contributed by atoms with Gasteiger partial charge in [-0.1, -0.05) is 20.8 Å². The molecule has 2 heterocycles. The first-order valence-electron chi connectivity index (χ1n) is 8.08. The number of hydrogen-bond donors (Lipinski definition) is 0. The summed E-state index contributed by atoms with van der Waals surface area (Å²) in [7, 11) is -4.83. The van der Waals surface area contributed by atoms with Gasteiger partial charge in [0.15, 0.2) is 18.2 Å². The largest absolute Gasteiger partial charge is 0.412 e. The summed E-state index contributed by atoms with van der Waals surface area (Å²) in [6.07, 6.45) is 1.44. The van der Waals surface area contributed by atoms with Gasteiger partial charge < -0.3 is 9.33 Å². The SMILES string of the molecule is CC(C)(C)[Si](C)(C)OC1CCN(C(=O)C2CCS(=O)(=O)C2)C1. The van der Waals surface area contributed by atoms with Crippen molar-refractivity contribution in [3.63, 3.8) is 0 Å². The van der Waals surface area contributed by atoms with Crippen LogP contribution >= 0.6 is 0 Å². The van der Waals surface area contributed by atoms with Gasteiger partial charge in [0, 0.05) is 13.1 Å². The average Bonchev–Trinajstić information content (AvgIpc) is 2.93. The maximum Gasteiger partial charge on any atom is 0.226 e. The van der Waals surface area contributed by atoms with E-state index in [1.165, 1.54) is 0 Å². The Morgan fingerprint density at radius 2 is 1.86 bits per heavy atom. The molecule has 2 aliphatic rings. The number of rotatable bonds is 3. The molecule has 0 saturated carbocycles. The van der Waals surface area contributed by atoms with Crippen molar-refractivity contribution in [1.82, 2.24) is 4.90 Å². The zero-order valence-corrected chi connectivity index (χ0v) is 16.2. The molecule has 0 aromatic rings. The topological polar surface area (TPSA) is 63.7 Å². The lowest BCUT2D eigenvalue weighted by Crippen LogP contribution is -2.45. The monoisotopic (exact) mass is 347 g/mol. The Morgan fingerprint density at radius 1 is 1.23 bits per heavy atom. The number of carbonyl (C=O) groups is 1. The first kappa shape index (κ1) is 17.9. The van der Waals surface area contributed by atoms with Crippen molar-refractivity contribution in [3.8, 4) is 0 Å². The molecule has 22 heavy (non-hydrogen) atoms. The van der Waals surface area contributed by atoms with Crippen LogP contribution in [0.1, 0.15) is 33.6 Å². The van der Waals surface area contributed by atoms with Gasteiger partial charge in [-0.15, -0.1) is 0 Å². The van der Waals surface area contributed by atoms with Crippen LogP contribution in [0.15, 0.2) is 0 Å². The maximum absolute atomic E-state index is 12.5. The predicted molar refractivity (Wildman–Crippen MR) is 90.0 cm³/mol. The molecule has 0 aromatic carbocycles. The minimum absolute atomic E-state index is 0.00223. The summed E-state index contributed by atoms with van der Waals surface area (Å²) in [5.41, 5.74) is 0. The van der Waals surface area contributed by atoms with Crippen LogP contribution in [0.5, 0.6) is 0 Å². The smallest absolute Gasteiger partial charge is 0.226 e. The lowest BCUT2D eigenvalue weighted by molar-refractivity contribution is -0.133. The normalized spacial score (nSPS) is 29.0. The molecule has 2 atom stereocenters. The van der Waals surface area contributed by atoms with Crippen LogP contribution in [0.4, 0.5) is 0 Å². The summed E-state index contributed by atoms with van der Waals surface area (Å²) in [6, 6.07) is 0. The number of carbonyl (C=O) groups excluding carboxylic acids is 1. The van der Waals surface area contributed by atoms with E-state index >= 15 is 0 Å². The fraction of sp³-hybridized carbons (Fsp3) is 0.933. The molecule has 128 valence electrons. The van der Waals surface area contributed by atoms with Gasteiger partial charge in [-0.2, -0.15) is 0 Å². The van der Waals surface area contributed by atoms with E-state index in [4.69, 9.17) is 4.43 Å². The molecule has 7 heteroatoms. The van der Waals surface area contributed by atoms with E-state index in [1.807, 2.05) is 4.90 Å². The van der Waals surface area contributed by atoms with Crippen LogP contribution in [0.2, 0.25) is 18.1 Å².